The third kappa shape index (κ3) is 3.41. The van der Waals surface area contributed by atoms with Crippen LogP contribution in [0.3, 0.4) is 0 Å². The highest BCUT2D eigenvalue weighted by atomic mass is 32.2. The number of carboxylic acids is 1. The molecule has 1 aromatic rings. The van der Waals surface area contributed by atoms with Gasteiger partial charge in [-0.2, -0.15) is 0 Å². The van der Waals surface area contributed by atoms with E-state index < -0.39 is 27.4 Å². The molecule has 0 amide bonds. The van der Waals surface area contributed by atoms with Crippen molar-refractivity contribution in [2.24, 2.45) is 5.92 Å². The Labute approximate surface area is 123 Å². The van der Waals surface area contributed by atoms with E-state index in [0.717, 1.165) is 43.9 Å². The number of carboxylic acid groups (broad SMARTS) is 1. The van der Waals surface area contributed by atoms with Crippen LogP contribution in [0.15, 0.2) is 23.1 Å². The number of hydrogen-bond donors (Lipinski definition) is 1. The third-order valence-corrected chi connectivity index (χ3v) is 5.69. The molecule has 21 heavy (non-hydrogen) atoms. The molecule has 0 aliphatic heterocycles. The van der Waals surface area contributed by atoms with Crippen LogP contribution in [0.25, 0.3) is 0 Å². The number of nitrogens with zero attached hydrogens (tertiary/aromatic N) is 1. The molecule has 0 bridgehead atoms. The van der Waals surface area contributed by atoms with E-state index in [0.29, 0.717) is 12.5 Å². The zero-order valence-electron chi connectivity index (χ0n) is 11.8. The fourth-order valence-corrected chi connectivity index (χ4v) is 3.94. The van der Waals surface area contributed by atoms with E-state index in [1.54, 1.807) is 0 Å². The van der Waals surface area contributed by atoms with Crippen molar-refractivity contribution in [1.29, 1.82) is 0 Å². The number of rotatable bonds is 5. The predicted molar refractivity (Wildman–Crippen MR) is 75.1 cm³/mol. The van der Waals surface area contributed by atoms with Gasteiger partial charge in [0, 0.05) is 13.6 Å². The number of benzene rings is 1. The SMILES string of the molecule is CN(CC1CCCC1)S(=O)(=O)c1ccc(F)c(C(=O)O)c1. The van der Waals surface area contributed by atoms with Gasteiger partial charge in [-0.25, -0.2) is 21.9 Å². The standard InChI is InChI=1S/C14H18FNO4S/c1-16(9-10-4-2-3-5-10)21(19,20)11-6-7-13(15)12(8-11)14(17)18/h6-8,10H,2-5,9H2,1H3,(H,17,18). The number of hydrogen-bond acceptors (Lipinski definition) is 3. The number of halogens is 1. The molecule has 2 rings (SSSR count). The highest BCUT2D eigenvalue weighted by molar-refractivity contribution is 7.89. The van der Waals surface area contributed by atoms with Crippen LogP contribution in [0.4, 0.5) is 4.39 Å². The molecule has 7 heteroatoms. The Hall–Kier alpha value is -1.47. The van der Waals surface area contributed by atoms with Crippen molar-refractivity contribution in [3.8, 4) is 0 Å². The van der Waals surface area contributed by atoms with E-state index in [4.69, 9.17) is 5.11 Å². The maximum Gasteiger partial charge on any atom is 0.338 e. The fraction of sp³-hybridized carbons (Fsp3) is 0.500. The van der Waals surface area contributed by atoms with Crippen LogP contribution in [-0.2, 0) is 10.0 Å². The highest BCUT2D eigenvalue weighted by Gasteiger charge is 2.26. The Kier molecular flexibility index (Phi) is 4.63. The van der Waals surface area contributed by atoms with Crippen molar-refractivity contribution in [3.05, 3.63) is 29.6 Å². The van der Waals surface area contributed by atoms with Crippen molar-refractivity contribution < 1.29 is 22.7 Å². The van der Waals surface area contributed by atoms with E-state index in [-0.39, 0.29) is 4.90 Å². The van der Waals surface area contributed by atoms with Gasteiger partial charge in [-0.3, -0.25) is 0 Å². The molecule has 0 aromatic heterocycles. The second-order valence-corrected chi connectivity index (χ2v) is 7.43. The molecule has 1 aromatic carbocycles. The van der Waals surface area contributed by atoms with Crippen LogP contribution in [0, 0.1) is 11.7 Å². The average Bonchev–Trinajstić information content (AvgIpc) is 2.91. The summed E-state index contributed by atoms with van der Waals surface area (Å²) in [6.45, 7) is 0.405. The molecule has 0 unspecified atom stereocenters. The van der Waals surface area contributed by atoms with E-state index in [1.807, 2.05) is 0 Å². The van der Waals surface area contributed by atoms with Crippen LogP contribution >= 0.6 is 0 Å². The van der Waals surface area contributed by atoms with Crippen molar-refractivity contribution in [1.82, 2.24) is 4.31 Å². The first-order valence-electron chi connectivity index (χ1n) is 6.81. The van der Waals surface area contributed by atoms with E-state index in [1.165, 1.54) is 11.4 Å². The molecule has 1 aliphatic carbocycles. The molecule has 1 saturated carbocycles. The normalized spacial score (nSPS) is 16.5. The van der Waals surface area contributed by atoms with Crippen molar-refractivity contribution >= 4 is 16.0 Å². The molecule has 0 heterocycles. The fourth-order valence-electron chi connectivity index (χ4n) is 2.66. The summed E-state index contributed by atoms with van der Waals surface area (Å²) in [5.74, 6) is -2.09. The number of carbonyl (C=O) groups is 1. The first-order chi connectivity index (χ1) is 9.82. The second-order valence-electron chi connectivity index (χ2n) is 5.38. The highest BCUT2D eigenvalue weighted by Crippen LogP contribution is 2.27. The lowest BCUT2D eigenvalue weighted by Gasteiger charge is -2.21. The molecule has 1 fully saturated rings. The molecule has 116 valence electrons. The lowest BCUT2D eigenvalue weighted by Crippen LogP contribution is -2.31. The molecule has 5 nitrogen and oxygen atoms in total. The summed E-state index contributed by atoms with van der Waals surface area (Å²) in [5.41, 5.74) is -0.634. The van der Waals surface area contributed by atoms with Crippen molar-refractivity contribution in [3.63, 3.8) is 0 Å². The maximum absolute atomic E-state index is 13.3. The molecular formula is C14H18FNO4S. The van der Waals surface area contributed by atoms with E-state index in [2.05, 4.69) is 0 Å². The molecule has 1 N–H and O–H groups in total. The Balaban J connectivity index is 2.26. The third-order valence-electron chi connectivity index (χ3n) is 3.87. The molecule has 1 aliphatic rings. The Morgan fingerprint density at radius 2 is 2.00 bits per heavy atom. The van der Waals surface area contributed by atoms with Gasteiger partial charge in [-0.1, -0.05) is 12.8 Å². The average molecular weight is 315 g/mol. The van der Waals surface area contributed by atoms with Gasteiger partial charge in [0.2, 0.25) is 10.0 Å². The quantitative estimate of drug-likeness (QED) is 0.905. The van der Waals surface area contributed by atoms with Gasteiger partial charge in [0.15, 0.2) is 0 Å². The monoisotopic (exact) mass is 315 g/mol. The van der Waals surface area contributed by atoms with Gasteiger partial charge in [0.1, 0.15) is 5.82 Å². The summed E-state index contributed by atoms with van der Waals surface area (Å²) in [4.78, 5) is 10.7. The lowest BCUT2D eigenvalue weighted by atomic mass is 10.1. The van der Waals surface area contributed by atoms with Crippen molar-refractivity contribution in [2.45, 2.75) is 30.6 Å². The van der Waals surface area contributed by atoms with Gasteiger partial charge in [0.05, 0.1) is 10.5 Å². The first-order valence-corrected chi connectivity index (χ1v) is 8.25. The van der Waals surface area contributed by atoms with Crippen LogP contribution in [-0.4, -0.2) is 37.4 Å². The predicted octanol–water partition coefficient (Wildman–Crippen LogP) is 2.33. The largest absolute Gasteiger partial charge is 0.478 e. The summed E-state index contributed by atoms with van der Waals surface area (Å²) in [7, 11) is -2.33. The van der Waals surface area contributed by atoms with Gasteiger partial charge >= 0.3 is 5.97 Å². The summed E-state index contributed by atoms with van der Waals surface area (Å²) in [5, 5.41) is 8.88. The minimum Gasteiger partial charge on any atom is -0.478 e. The summed E-state index contributed by atoms with van der Waals surface area (Å²) < 4.78 is 39.4. The molecule has 0 radical (unpaired) electrons. The van der Waals surface area contributed by atoms with Crippen LogP contribution in [0.2, 0.25) is 0 Å². The lowest BCUT2D eigenvalue weighted by molar-refractivity contribution is 0.0691. The Morgan fingerprint density at radius 3 is 2.57 bits per heavy atom. The summed E-state index contributed by atoms with van der Waals surface area (Å²) in [6.07, 6.45) is 4.23. The zero-order chi connectivity index (χ0) is 15.6. The molecular weight excluding hydrogens is 297 g/mol. The molecule has 0 saturated heterocycles. The second kappa shape index (κ2) is 6.11. The topological polar surface area (TPSA) is 74.7 Å². The van der Waals surface area contributed by atoms with Gasteiger partial charge in [0.25, 0.3) is 0 Å². The van der Waals surface area contributed by atoms with Crippen LogP contribution in [0.5, 0.6) is 0 Å². The Bertz CT molecular complexity index is 638. The summed E-state index contributed by atoms with van der Waals surface area (Å²) in [6, 6.07) is 2.85. The summed E-state index contributed by atoms with van der Waals surface area (Å²) >= 11 is 0. The number of aromatic carboxylic acids is 1. The van der Waals surface area contributed by atoms with E-state index in [9.17, 15) is 17.6 Å². The zero-order valence-corrected chi connectivity index (χ0v) is 12.6. The van der Waals surface area contributed by atoms with Crippen LogP contribution < -0.4 is 0 Å². The smallest absolute Gasteiger partial charge is 0.338 e. The van der Waals surface area contributed by atoms with Gasteiger partial charge in [-0.15, -0.1) is 0 Å². The van der Waals surface area contributed by atoms with Gasteiger partial charge in [-0.05, 0) is 37.0 Å². The molecule has 0 spiro atoms. The minimum absolute atomic E-state index is 0.193. The van der Waals surface area contributed by atoms with Crippen molar-refractivity contribution in [2.75, 3.05) is 13.6 Å². The first kappa shape index (κ1) is 15.9. The van der Waals surface area contributed by atoms with E-state index >= 15 is 0 Å². The number of sulfonamides is 1. The molecule has 0 atom stereocenters. The minimum atomic E-state index is -3.80. The maximum atomic E-state index is 13.3. The Morgan fingerprint density at radius 1 is 1.38 bits per heavy atom. The van der Waals surface area contributed by atoms with Gasteiger partial charge < -0.3 is 5.11 Å². The van der Waals surface area contributed by atoms with Crippen LogP contribution in [0.1, 0.15) is 36.0 Å².